The molecule has 0 atom stereocenters. The molecule has 1 fully saturated rings. The van der Waals surface area contributed by atoms with E-state index in [1.165, 1.54) is 24.3 Å². The highest BCUT2D eigenvalue weighted by molar-refractivity contribution is 7.20. The number of aromatic nitrogens is 2. The normalized spacial score (nSPS) is 15.2. The van der Waals surface area contributed by atoms with E-state index in [1.54, 1.807) is 32.7 Å². The molecule has 3 aromatic rings. The lowest BCUT2D eigenvalue weighted by molar-refractivity contribution is -0.137. The number of alkyl halides is 3. The van der Waals surface area contributed by atoms with E-state index in [9.17, 15) is 22.8 Å². The van der Waals surface area contributed by atoms with Gasteiger partial charge < -0.3 is 9.80 Å². The summed E-state index contributed by atoms with van der Waals surface area (Å²) < 4.78 is 40.5. The maximum atomic E-state index is 12.9. The molecule has 0 aliphatic carbocycles. The van der Waals surface area contributed by atoms with Crippen LogP contribution in [0.25, 0.3) is 15.4 Å². The van der Waals surface area contributed by atoms with Gasteiger partial charge in [0.25, 0.3) is 5.91 Å². The van der Waals surface area contributed by atoms with E-state index in [0.29, 0.717) is 41.6 Å². The zero-order valence-corrected chi connectivity index (χ0v) is 16.3. The molecule has 4 rings (SSSR count). The minimum atomic E-state index is -4.40. The number of nitrogens with zero attached hydrogens (tertiary/aromatic N) is 4. The van der Waals surface area contributed by atoms with Crippen molar-refractivity contribution in [3.63, 3.8) is 0 Å². The summed E-state index contributed by atoms with van der Waals surface area (Å²) in [5, 5.41) is 0. The largest absolute Gasteiger partial charge is 0.416 e. The number of rotatable bonds is 2. The molecule has 0 bridgehead atoms. The van der Waals surface area contributed by atoms with Crippen molar-refractivity contribution < 1.29 is 22.8 Å². The molecule has 3 heterocycles. The van der Waals surface area contributed by atoms with Crippen molar-refractivity contribution in [3.8, 4) is 10.4 Å². The first-order valence-corrected chi connectivity index (χ1v) is 9.75. The number of hydrogen-bond acceptors (Lipinski definition) is 4. The van der Waals surface area contributed by atoms with E-state index in [1.807, 2.05) is 0 Å². The van der Waals surface area contributed by atoms with Crippen LogP contribution in [-0.4, -0.2) is 57.2 Å². The number of benzene rings is 1. The van der Waals surface area contributed by atoms with Gasteiger partial charge >= 0.3 is 6.18 Å². The predicted molar refractivity (Wildman–Crippen MR) is 102 cm³/mol. The van der Waals surface area contributed by atoms with Gasteiger partial charge in [-0.1, -0.05) is 23.5 Å². The molecule has 0 spiro atoms. The summed E-state index contributed by atoms with van der Waals surface area (Å²) in [5.41, 5.74) is 0.0216. The van der Waals surface area contributed by atoms with Crippen LogP contribution in [0, 0.1) is 0 Å². The second kappa shape index (κ2) is 7.18. The smallest absolute Gasteiger partial charge is 0.339 e. The molecule has 0 unspecified atom stereocenters. The Morgan fingerprint density at radius 1 is 1.07 bits per heavy atom. The quantitative estimate of drug-likeness (QED) is 0.636. The number of hydrogen-bond donors (Lipinski definition) is 0. The van der Waals surface area contributed by atoms with Gasteiger partial charge in [0.15, 0.2) is 4.96 Å². The summed E-state index contributed by atoms with van der Waals surface area (Å²) in [7, 11) is 0. The van der Waals surface area contributed by atoms with Crippen molar-refractivity contribution in [2.24, 2.45) is 0 Å². The number of fused-ring (bicyclic) bond motifs is 1. The fraction of sp³-hybridized carbons (Fsp3) is 0.316. The van der Waals surface area contributed by atoms with Gasteiger partial charge in [-0.25, -0.2) is 4.98 Å². The lowest BCUT2D eigenvalue weighted by atomic mass is 10.1. The van der Waals surface area contributed by atoms with Crippen molar-refractivity contribution in [3.05, 3.63) is 47.9 Å². The standard InChI is InChI=1S/C19H17F3N4O2S/c1-12(27)24-5-7-25(8-6-24)17(28)15-10-26-11-16(29-18(26)23-15)13-3-2-4-14(9-13)19(20,21)22/h2-4,9-11H,5-8H2,1H3. The number of thiazole rings is 1. The summed E-state index contributed by atoms with van der Waals surface area (Å²) in [6, 6.07) is 5.12. The van der Waals surface area contributed by atoms with Crippen LogP contribution in [0.15, 0.2) is 36.7 Å². The topological polar surface area (TPSA) is 57.9 Å². The Bertz CT molecular complexity index is 1050. The number of amides is 2. The first-order chi connectivity index (χ1) is 13.7. The summed E-state index contributed by atoms with van der Waals surface area (Å²) in [6.45, 7) is 3.37. The third-order valence-electron chi connectivity index (χ3n) is 4.86. The third-order valence-corrected chi connectivity index (χ3v) is 5.91. The molecular formula is C19H17F3N4O2S. The number of carbonyl (C=O) groups is 2. The third kappa shape index (κ3) is 3.84. The molecule has 0 radical (unpaired) electrons. The molecule has 6 nitrogen and oxygen atoms in total. The van der Waals surface area contributed by atoms with Gasteiger partial charge in [-0.15, -0.1) is 0 Å². The maximum absolute atomic E-state index is 12.9. The fourth-order valence-corrected chi connectivity index (χ4v) is 4.23. The van der Waals surface area contributed by atoms with Gasteiger partial charge in [0, 0.05) is 45.5 Å². The fourth-order valence-electron chi connectivity index (χ4n) is 3.27. The molecule has 0 saturated carbocycles. The Labute approximate surface area is 168 Å². The number of halogens is 3. The minimum absolute atomic E-state index is 0.0123. The summed E-state index contributed by atoms with van der Waals surface area (Å²) in [4.78, 5) is 32.9. The van der Waals surface area contributed by atoms with Crippen LogP contribution in [0.4, 0.5) is 13.2 Å². The molecule has 2 aromatic heterocycles. The Morgan fingerprint density at radius 3 is 2.38 bits per heavy atom. The van der Waals surface area contributed by atoms with Gasteiger partial charge in [0.2, 0.25) is 5.91 Å². The van der Waals surface area contributed by atoms with E-state index in [0.717, 1.165) is 12.1 Å². The van der Waals surface area contributed by atoms with Crippen LogP contribution in [-0.2, 0) is 11.0 Å². The maximum Gasteiger partial charge on any atom is 0.416 e. The Hall–Kier alpha value is -2.88. The lowest BCUT2D eigenvalue weighted by Gasteiger charge is -2.33. The molecule has 1 saturated heterocycles. The number of carbonyl (C=O) groups excluding carboxylic acids is 2. The highest BCUT2D eigenvalue weighted by Crippen LogP contribution is 2.34. The summed E-state index contributed by atoms with van der Waals surface area (Å²) in [6.07, 6.45) is -1.14. The van der Waals surface area contributed by atoms with E-state index in [4.69, 9.17) is 0 Å². The molecule has 1 aliphatic rings. The molecule has 29 heavy (non-hydrogen) atoms. The van der Waals surface area contributed by atoms with Gasteiger partial charge in [-0.3, -0.25) is 14.0 Å². The average Bonchev–Trinajstić information content (AvgIpc) is 3.26. The summed E-state index contributed by atoms with van der Waals surface area (Å²) in [5.74, 6) is -0.230. The molecular weight excluding hydrogens is 405 g/mol. The molecule has 2 amide bonds. The van der Waals surface area contributed by atoms with Crippen LogP contribution in [0.5, 0.6) is 0 Å². The van der Waals surface area contributed by atoms with Crippen molar-refractivity contribution in [1.82, 2.24) is 19.2 Å². The van der Waals surface area contributed by atoms with Crippen molar-refractivity contribution in [2.75, 3.05) is 26.2 Å². The molecule has 0 N–H and O–H groups in total. The Kier molecular flexibility index (Phi) is 4.81. The van der Waals surface area contributed by atoms with Crippen LogP contribution < -0.4 is 0 Å². The van der Waals surface area contributed by atoms with E-state index in [2.05, 4.69) is 4.98 Å². The molecule has 152 valence electrons. The second-order valence-corrected chi connectivity index (χ2v) is 7.80. The molecule has 1 aliphatic heterocycles. The minimum Gasteiger partial charge on any atom is -0.339 e. The monoisotopic (exact) mass is 422 g/mol. The Balaban J connectivity index is 1.53. The van der Waals surface area contributed by atoms with Crippen LogP contribution >= 0.6 is 11.3 Å². The zero-order chi connectivity index (χ0) is 20.8. The van der Waals surface area contributed by atoms with Gasteiger partial charge in [-0.05, 0) is 17.7 Å². The van der Waals surface area contributed by atoms with E-state index >= 15 is 0 Å². The van der Waals surface area contributed by atoms with Crippen LogP contribution in [0.2, 0.25) is 0 Å². The molecule has 10 heteroatoms. The summed E-state index contributed by atoms with van der Waals surface area (Å²) >= 11 is 1.22. The van der Waals surface area contributed by atoms with Crippen molar-refractivity contribution in [2.45, 2.75) is 13.1 Å². The highest BCUT2D eigenvalue weighted by Gasteiger charge is 2.30. The van der Waals surface area contributed by atoms with Gasteiger partial charge in [0.05, 0.1) is 10.4 Å². The highest BCUT2D eigenvalue weighted by atomic mass is 32.1. The van der Waals surface area contributed by atoms with Gasteiger partial charge in [-0.2, -0.15) is 13.2 Å². The zero-order valence-electron chi connectivity index (χ0n) is 15.4. The van der Waals surface area contributed by atoms with Gasteiger partial charge in [0.1, 0.15) is 5.69 Å². The van der Waals surface area contributed by atoms with E-state index < -0.39 is 11.7 Å². The average molecular weight is 422 g/mol. The second-order valence-electron chi connectivity index (χ2n) is 6.79. The first-order valence-electron chi connectivity index (χ1n) is 8.93. The van der Waals surface area contributed by atoms with E-state index in [-0.39, 0.29) is 17.5 Å². The van der Waals surface area contributed by atoms with Crippen LogP contribution in [0.3, 0.4) is 0 Å². The first kappa shape index (κ1) is 19.4. The lowest BCUT2D eigenvalue weighted by Crippen LogP contribution is -2.50. The Morgan fingerprint density at radius 2 is 1.76 bits per heavy atom. The predicted octanol–water partition coefficient (Wildman–Crippen LogP) is 3.39. The number of imidazole rings is 1. The van der Waals surface area contributed by atoms with Crippen molar-refractivity contribution in [1.29, 1.82) is 0 Å². The molecule has 1 aromatic carbocycles. The SMILES string of the molecule is CC(=O)N1CCN(C(=O)c2cn3cc(-c4cccc(C(F)(F)F)c4)sc3n2)CC1. The van der Waals surface area contributed by atoms with Crippen molar-refractivity contribution >= 4 is 28.1 Å². The number of piperazine rings is 1. The van der Waals surface area contributed by atoms with Crippen LogP contribution in [0.1, 0.15) is 23.0 Å².